The summed E-state index contributed by atoms with van der Waals surface area (Å²) in [5.41, 5.74) is 4.93. The van der Waals surface area contributed by atoms with Gasteiger partial charge in [-0.15, -0.1) is 0 Å². The van der Waals surface area contributed by atoms with Crippen molar-refractivity contribution in [3.05, 3.63) is 24.3 Å². The number of carbonyl (C=O) groups excluding carboxylic acids is 4. The van der Waals surface area contributed by atoms with E-state index in [9.17, 15) is 19.2 Å². The van der Waals surface area contributed by atoms with E-state index in [1.165, 1.54) is 7.11 Å². The molecule has 1 aromatic rings. The second-order valence-electron chi connectivity index (χ2n) is 5.18. The highest BCUT2D eigenvalue weighted by molar-refractivity contribution is 5.93. The number of nitrogens with one attached hydrogen (secondary N) is 3. The maximum atomic E-state index is 11.8. The van der Waals surface area contributed by atoms with Crippen LogP contribution < -0.4 is 20.9 Å². The van der Waals surface area contributed by atoms with Gasteiger partial charge < -0.3 is 14.8 Å². The van der Waals surface area contributed by atoms with Crippen LogP contribution in [0.1, 0.15) is 32.6 Å². The van der Waals surface area contributed by atoms with Crippen molar-refractivity contribution < 1.29 is 28.7 Å². The minimum atomic E-state index is -0.525. The third-order valence-corrected chi connectivity index (χ3v) is 3.15. The second-order valence-corrected chi connectivity index (χ2v) is 5.18. The van der Waals surface area contributed by atoms with Crippen molar-refractivity contribution in [1.82, 2.24) is 10.9 Å². The summed E-state index contributed by atoms with van der Waals surface area (Å²) in [4.78, 5) is 45.7. The van der Waals surface area contributed by atoms with E-state index in [0.717, 1.165) is 0 Å². The number of anilines is 1. The Labute approximate surface area is 151 Å². The summed E-state index contributed by atoms with van der Waals surface area (Å²) in [5, 5.41) is 2.66. The Hall–Kier alpha value is -3.10. The van der Waals surface area contributed by atoms with Crippen molar-refractivity contribution in [3.8, 4) is 5.75 Å². The summed E-state index contributed by atoms with van der Waals surface area (Å²) in [6, 6.07) is 6.86. The molecule has 0 heterocycles. The molecule has 9 heteroatoms. The zero-order chi connectivity index (χ0) is 19.4. The predicted molar refractivity (Wildman–Crippen MR) is 93.0 cm³/mol. The number of hydrogen-bond donors (Lipinski definition) is 3. The first-order chi connectivity index (χ1) is 12.4. The fraction of sp³-hybridized carbons (Fsp3) is 0.412. The van der Waals surface area contributed by atoms with Crippen molar-refractivity contribution in [2.75, 3.05) is 19.0 Å². The Bertz CT molecular complexity index is 630. The van der Waals surface area contributed by atoms with Crippen LogP contribution >= 0.6 is 0 Å². The van der Waals surface area contributed by atoms with Crippen LogP contribution in [0.5, 0.6) is 5.75 Å². The quantitative estimate of drug-likeness (QED) is 0.441. The fourth-order valence-corrected chi connectivity index (χ4v) is 1.83. The van der Waals surface area contributed by atoms with Gasteiger partial charge in [-0.1, -0.05) is 0 Å². The molecule has 1 rings (SSSR count). The Morgan fingerprint density at radius 3 is 1.92 bits per heavy atom. The number of hydrogen-bond acceptors (Lipinski definition) is 6. The molecule has 3 N–H and O–H groups in total. The lowest BCUT2D eigenvalue weighted by molar-refractivity contribution is -0.142. The number of esters is 1. The molecule has 1 aromatic carbocycles. The Morgan fingerprint density at radius 2 is 1.38 bits per heavy atom. The molecule has 0 unspecified atom stereocenters. The van der Waals surface area contributed by atoms with Crippen LogP contribution in [0, 0.1) is 0 Å². The summed E-state index contributed by atoms with van der Waals surface area (Å²) in [5.74, 6) is -1.19. The number of rotatable bonds is 9. The van der Waals surface area contributed by atoms with E-state index in [1.807, 2.05) is 6.92 Å². The van der Waals surface area contributed by atoms with Gasteiger partial charge in [-0.3, -0.25) is 30.0 Å². The summed E-state index contributed by atoms with van der Waals surface area (Å²) in [6.07, 6.45) is -0.328. The van der Waals surface area contributed by atoms with Crippen molar-refractivity contribution in [3.63, 3.8) is 0 Å². The van der Waals surface area contributed by atoms with Crippen molar-refractivity contribution >= 4 is 29.4 Å². The third kappa shape index (κ3) is 8.67. The summed E-state index contributed by atoms with van der Waals surface area (Å²) < 4.78 is 9.70. The van der Waals surface area contributed by atoms with Gasteiger partial charge in [0.2, 0.25) is 17.7 Å². The van der Waals surface area contributed by atoms with Crippen LogP contribution in [-0.2, 0) is 23.9 Å². The van der Waals surface area contributed by atoms with Crippen molar-refractivity contribution in [1.29, 1.82) is 0 Å². The van der Waals surface area contributed by atoms with Gasteiger partial charge in [0.25, 0.3) is 0 Å². The van der Waals surface area contributed by atoms with Gasteiger partial charge in [0, 0.05) is 24.9 Å². The van der Waals surface area contributed by atoms with Gasteiger partial charge in [0.1, 0.15) is 5.75 Å². The summed E-state index contributed by atoms with van der Waals surface area (Å²) in [7, 11) is 1.22. The first-order valence-electron chi connectivity index (χ1n) is 8.11. The maximum absolute atomic E-state index is 11.8. The monoisotopic (exact) mass is 365 g/mol. The lowest BCUT2D eigenvalue weighted by Crippen LogP contribution is -2.41. The third-order valence-electron chi connectivity index (χ3n) is 3.15. The molecular weight excluding hydrogens is 342 g/mol. The normalized spacial score (nSPS) is 9.77. The van der Waals surface area contributed by atoms with E-state index in [4.69, 9.17) is 4.74 Å². The number of ether oxygens (including phenoxy) is 2. The molecular formula is C17H23N3O6. The van der Waals surface area contributed by atoms with Crippen molar-refractivity contribution in [2.24, 2.45) is 0 Å². The highest BCUT2D eigenvalue weighted by Crippen LogP contribution is 2.15. The lowest BCUT2D eigenvalue weighted by atomic mass is 10.2. The summed E-state index contributed by atoms with van der Waals surface area (Å²) >= 11 is 0. The zero-order valence-electron chi connectivity index (χ0n) is 14.8. The number of methoxy groups -OCH3 is 1. The van der Waals surface area contributed by atoms with Gasteiger partial charge in [-0.2, -0.15) is 0 Å². The second kappa shape index (κ2) is 11.5. The predicted octanol–water partition coefficient (Wildman–Crippen LogP) is 0.905. The Balaban J connectivity index is 2.24. The topological polar surface area (TPSA) is 123 Å². The van der Waals surface area contributed by atoms with Crippen LogP contribution in [0.15, 0.2) is 24.3 Å². The maximum Gasteiger partial charge on any atom is 0.306 e. The lowest BCUT2D eigenvalue weighted by Gasteiger charge is -2.08. The van der Waals surface area contributed by atoms with Gasteiger partial charge in [0.15, 0.2) is 0 Å². The molecule has 0 aliphatic heterocycles. The first-order valence-corrected chi connectivity index (χ1v) is 8.11. The molecule has 26 heavy (non-hydrogen) atoms. The van der Waals surface area contributed by atoms with Crippen molar-refractivity contribution in [2.45, 2.75) is 32.6 Å². The van der Waals surface area contributed by atoms with Crippen LogP contribution in [0.25, 0.3) is 0 Å². The smallest absolute Gasteiger partial charge is 0.306 e. The molecule has 0 atom stereocenters. The Kier molecular flexibility index (Phi) is 9.23. The molecule has 9 nitrogen and oxygen atoms in total. The van der Waals surface area contributed by atoms with Crippen LogP contribution in [0.4, 0.5) is 5.69 Å². The average Bonchev–Trinajstić information content (AvgIpc) is 2.64. The molecule has 0 aliphatic carbocycles. The first kappa shape index (κ1) is 20.9. The van der Waals surface area contributed by atoms with Crippen LogP contribution in [-0.4, -0.2) is 37.4 Å². The average molecular weight is 365 g/mol. The highest BCUT2D eigenvalue weighted by Gasteiger charge is 2.10. The molecule has 0 saturated heterocycles. The number of hydrazine groups is 1. The van der Waals surface area contributed by atoms with E-state index in [0.29, 0.717) is 18.0 Å². The zero-order valence-corrected chi connectivity index (χ0v) is 14.8. The van der Waals surface area contributed by atoms with Crippen LogP contribution in [0.3, 0.4) is 0 Å². The molecule has 0 saturated carbocycles. The molecule has 0 radical (unpaired) electrons. The van der Waals surface area contributed by atoms with Gasteiger partial charge in [0.05, 0.1) is 20.1 Å². The number of benzene rings is 1. The SMILES string of the molecule is CCOc1ccc(NC(=O)CCC(=O)NNC(=O)CCC(=O)OC)cc1. The van der Waals surface area contributed by atoms with E-state index in [-0.39, 0.29) is 31.6 Å². The van der Waals surface area contributed by atoms with Crippen LogP contribution in [0.2, 0.25) is 0 Å². The molecule has 0 spiro atoms. The standard InChI is InChI=1S/C17H23N3O6/c1-3-26-13-6-4-12(5-7-13)18-14(21)8-9-15(22)19-20-16(23)10-11-17(24)25-2/h4-7H,3,8-11H2,1-2H3,(H,18,21)(H,19,22)(H,20,23). The van der Waals surface area contributed by atoms with E-state index < -0.39 is 17.8 Å². The molecule has 3 amide bonds. The highest BCUT2D eigenvalue weighted by atomic mass is 16.5. The van der Waals surface area contributed by atoms with Gasteiger partial charge in [-0.25, -0.2) is 0 Å². The molecule has 0 bridgehead atoms. The largest absolute Gasteiger partial charge is 0.494 e. The van der Waals surface area contributed by atoms with Gasteiger partial charge >= 0.3 is 5.97 Å². The summed E-state index contributed by atoms with van der Waals surface area (Å²) in [6.45, 7) is 2.43. The fourth-order valence-electron chi connectivity index (χ4n) is 1.83. The van der Waals surface area contributed by atoms with E-state index >= 15 is 0 Å². The minimum Gasteiger partial charge on any atom is -0.494 e. The molecule has 142 valence electrons. The molecule has 0 aromatic heterocycles. The molecule has 0 aliphatic rings. The minimum absolute atomic E-state index is 0.0446. The number of amides is 3. The van der Waals surface area contributed by atoms with E-state index in [1.54, 1.807) is 24.3 Å². The number of carbonyl (C=O) groups is 4. The molecule has 0 fully saturated rings. The Morgan fingerprint density at radius 1 is 0.846 bits per heavy atom. The van der Waals surface area contributed by atoms with Gasteiger partial charge in [-0.05, 0) is 31.2 Å². The van der Waals surface area contributed by atoms with E-state index in [2.05, 4.69) is 20.9 Å².